The van der Waals surface area contributed by atoms with Crippen LogP contribution in [0.4, 0.5) is 0 Å². The van der Waals surface area contributed by atoms with Crippen molar-refractivity contribution < 1.29 is 4.79 Å². The average Bonchev–Trinajstić information content (AvgIpc) is 2.88. The highest BCUT2D eigenvalue weighted by Gasteiger charge is 2.31. The number of aromatic amines is 1. The van der Waals surface area contributed by atoms with Gasteiger partial charge in [-0.25, -0.2) is 4.98 Å². The van der Waals surface area contributed by atoms with Crippen molar-refractivity contribution in [3.8, 4) is 0 Å². The van der Waals surface area contributed by atoms with Crippen LogP contribution in [0.2, 0.25) is 0 Å². The lowest BCUT2D eigenvalue weighted by Gasteiger charge is -2.37. The number of hydrogen-bond donors (Lipinski definition) is 2. The van der Waals surface area contributed by atoms with Crippen LogP contribution in [-0.2, 0) is 5.41 Å². The first kappa shape index (κ1) is 15.0. The summed E-state index contributed by atoms with van der Waals surface area (Å²) in [6.45, 7) is 9.51. The van der Waals surface area contributed by atoms with Gasteiger partial charge in [-0.05, 0) is 32.2 Å². The zero-order chi connectivity index (χ0) is 14.9. The smallest absolute Gasteiger partial charge is 0.293 e. The van der Waals surface area contributed by atoms with Gasteiger partial charge in [-0.3, -0.25) is 9.89 Å². The molecule has 2 atom stereocenters. The molecule has 2 rings (SSSR count). The number of H-pyrrole nitrogens is 1. The Bertz CT molecular complexity index is 476. The molecule has 1 saturated heterocycles. The molecule has 1 aliphatic heterocycles. The molecule has 6 nitrogen and oxygen atoms in total. The van der Waals surface area contributed by atoms with Gasteiger partial charge in [0.2, 0.25) is 5.82 Å². The van der Waals surface area contributed by atoms with Crippen LogP contribution in [0.5, 0.6) is 0 Å². The Morgan fingerprint density at radius 1 is 1.45 bits per heavy atom. The first-order valence-corrected chi connectivity index (χ1v) is 7.27. The largest absolute Gasteiger partial charge is 0.333 e. The number of nitrogens with one attached hydrogen (secondary N) is 1. The van der Waals surface area contributed by atoms with Crippen molar-refractivity contribution in [3.63, 3.8) is 0 Å². The molecule has 0 spiro atoms. The molecule has 20 heavy (non-hydrogen) atoms. The lowest BCUT2D eigenvalue weighted by molar-refractivity contribution is 0.0554. The number of hydrogen-bond acceptors (Lipinski definition) is 4. The van der Waals surface area contributed by atoms with Crippen molar-refractivity contribution in [3.05, 3.63) is 11.6 Å². The van der Waals surface area contributed by atoms with E-state index in [0.29, 0.717) is 19.0 Å². The van der Waals surface area contributed by atoms with Crippen molar-refractivity contribution in [2.45, 2.75) is 52.0 Å². The van der Waals surface area contributed by atoms with Crippen molar-refractivity contribution in [1.29, 1.82) is 0 Å². The number of aromatic nitrogens is 3. The van der Waals surface area contributed by atoms with Crippen molar-refractivity contribution in [1.82, 2.24) is 20.1 Å². The monoisotopic (exact) mass is 279 g/mol. The predicted molar refractivity (Wildman–Crippen MR) is 77.4 cm³/mol. The van der Waals surface area contributed by atoms with Crippen LogP contribution >= 0.6 is 0 Å². The van der Waals surface area contributed by atoms with Gasteiger partial charge in [0.15, 0.2) is 0 Å². The number of nitrogens with two attached hydrogens (primary N) is 1. The number of nitrogens with zero attached hydrogens (tertiary/aromatic N) is 3. The summed E-state index contributed by atoms with van der Waals surface area (Å²) in [6, 6.07) is 0.224. The van der Waals surface area contributed by atoms with Gasteiger partial charge in [0.25, 0.3) is 5.91 Å². The van der Waals surface area contributed by atoms with Crippen LogP contribution in [0.1, 0.15) is 57.0 Å². The SMILES string of the molecule is CC1CCC(CN)CN1C(=O)c1n[nH]c(C(C)(C)C)n1. The van der Waals surface area contributed by atoms with Gasteiger partial charge in [0.05, 0.1) is 0 Å². The van der Waals surface area contributed by atoms with Gasteiger partial charge >= 0.3 is 0 Å². The minimum Gasteiger partial charge on any atom is -0.333 e. The molecular weight excluding hydrogens is 254 g/mol. The summed E-state index contributed by atoms with van der Waals surface area (Å²) in [5, 5.41) is 6.96. The molecule has 1 amide bonds. The van der Waals surface area contributed by atoms with E-state index in [-0.39, 0.29) is 23.2 Å². The summed E-state index contributed by atoms with van der Waals surface area (Å²) in [6.07, 6.45) is 2.08. The van der Waals surface area contributed by atoms with Crippen LogP contribution in [0, 0.1) is 5.92 Å². The highest BCUT2D eigenvalue weighted by atomic mass is 16.2. The third-order valence-corrected chi connectivity index (χ3v) is 3.96. The van der Waals surface area contributed by atoms with Gasteiger partial charge in [-0.15, -0.1) is 5.10 Å². The predicted octanol–water partition coefficient (Wildman–Crippen LogP) is 1.30. The Hall–Kier alpha value is -1.43. The summed E-state index contributed by atoms with van der Waals surface area (Å²) in [7, 11) is 0. The fourth-order valence-electron chi connectivity index (χ4n) is 2.48. The van der Waals surface area contributed by atoms with E-state index in [1.807, 2.05) is 25.7 Å². The zero-order valence-corrected chi connectivity index (χ0v) is 12.8. The Morgan fingerprint density at radius 2 is 2.15 bits per heavy atom. The molecule has 0 aliphatic carbocycles. The molecule has 112 valence electrons. The molecule has 1 aromatic rings. The van der Waals surface area contributed by atoms with Crippen LogP contribution in [0.25, 0.3) is 0 Å². The summed E-state index contributed by atoms with van der Waals surface area (Å²) in [5.41, 5.74) is 5.60. The van der Waals surface area contributed by atoms with E-state index in [0.717, 1.165) is 18.7 Å². The van der Waals surface area contributed by atoms with E-state index in [2.05, 4.69) is 22.1 Å². The summed E-state index contributed by atoms with van der Waals surface area (Å²) in [5.74, 6) is 1.29. The van der Waals surface area contributed by atoms with Crippen LogP contribution in [0.3, 0.4) is 0 Å². The van der Waals surface area contributed by atoms with Gasteiger partial charge in [0.1, 0.15) is 5.82 Å². The molecule has 1 aromatic heterocycles. The van der Waals surface area contributed by atoms with Crippen molar-refractivity contribution in [2.75, 3.05) is 13.1 Å². The minimum atomic E-state index is -0.140. The van der Waals surface area contributed by atoms with Crippen LogP contribution in [0.15, 0.2) is 0 Å². The first-order valence-electron chi connectivity index (χ1n) is 7.27. The number of piperidine rings is 1. The average molecular weight is 279 g/mol. The summed E-state index contributed by atoms with van der Waals surface area (Å²) < 4.78 is 0. The maximum absolute atomic E-state index is 12.6. The Balaban J connectivity index is 2.15. The van der Waals surface area contributed by atoms with Crippen LogP contribution < -0.4 is 5.73 Å². The summed E-state index contributed by atoms with van der Waals surface area (Å²) >= 11 is 0. The molecule has 2 unspecified atom stereocenters. The van der Waals surface area contributed by atoms with Gasteiger partial charge in [-0.2, -0.15) is 0 Å². The lowest BCUT2D eigenvalue weighted by atomic mass is 9.93. The second-order valence-electron chi connectivity index (χ2n) is 6.74. The molecular formula is C14H25N5O. The Labute approximate surface area is 120 Å². The van der Waals surface area contributed by atoms with Crippen molar-refractivity contribution >= 4 is 5.91 Å². The van der Waals surface area contributed by atoms with Crippen LogP contribution in [-0.4, -0.2) is 45.1 Å². The standard InChI is InChI=1S/C14H25N5O/c1-9-5-6-10(7-15)8-19(9)12(20)11-16-13(18-17-11)14(2,3)4/h9-10H,5-8,15H2,1-4H3,(H,16,17,18). The second kappa shape index (κ2) is 5.52. The quantitative estimate of drug-likeness (QED) is 0.854. The Kier molecular flexibility index (Phi) is 4.13. The fourth-order valence-corrected chi connectivity index (χ4v) is 2.48. The molecule has 0 saturated carbocycles. The van der Waals surface area contributed by atoms with E-state index in [4.69, 9.17) is 5.73 Å². The van der Waals surface area contributed by atoms with Crippen molar-refractivity contribution in [2.24, 2.45) is 11.7 Å². The highest BCUT2D eigenvalue weighted by Crippen LogP contribution is 2.23. The zero-order valence-electron chi connectivity index (χ0n) is 12.8. The normalized spacial score (nSPS) is 23.9. The first-order chi connectivity index (χ1) is 9.32. The van der Waals surface area contributed by atoms with Gasteiger partial charge < -0.3 is 10.6 Å². The summed E-state index contributed by atoms with van der Waals surface area (Å²) in [4.78, 5) is 18.8. The molecule has 0 aromatic carbocycles. The molecule has 1 aliphatic rings. The molecule has 0 radical (unpaired) electrons. The molecule has 1 fully saturated rings. The maximum Gasteiger partial charge on any atom is 0.293 e. The molecule has 2 heterocycles. The van der Waals surface area contributed by atoms with Gasteiger partial charge in [0, 0.05) is 18.0 Å². The van der Waals surface area contributed by atoms with E-state index in [1.54, 1.807) is 0 Å². The maximum atomic E-state index is 12.6. The van der Waals surface area contributed by atoms with E-state index >= 15 is 0 Å². The number of carbonyl (C=O) groups excluding carboxylic acids is 1. The third-order valence-electron chi connectivity index (χ3n) is 3.96. The second-order valence-corrected chi connectivity index (χ2v) is 6.74. The van der Waals surface area contributed by atoms with Gasteiger partial charge in [-0.1, -0.05) is 20.8 Å². The fraction of sp³-hybridized carbons (Fsp3) is 0.786. The molecule has 0 bridgehead atoms. The number of carbonyl (C=O) groups is 1. The molecule has 6 heteroatoms. The molecule has 3 N–H and O–H groups in total. The van der Waals surface area contributed by atoms with E-state index < -0.39 is 0 Å². The van der Waals surface area contributed by atoms with E-state index in [1.165, 1.54) is 0 Å². The number of rotatable bonds is 2. The number of likely N-dealkylation sites (tertiary alicyclic amines) is 1. The van der Waals surface area contributed by atoms with E-state index in [9.17, 15) is 4.79 Å². The lowest BCUT2D eigenvalue weighted by Crippen LogP contribution is -2.47. The third kappa shape index (κ3) is 3.00. The Morgan fingerprint density at radius 3 is 2.70 bits per heavy atom. The topological polar surface area (TPSA) is 87.9 Å². The highest BCUT2D eigenvalue weighted by molar-refractivity contribution is 5.90. The minimum absolute atomic E-state index is 0.0950. The number of amides is 1.